The van der Waals surface area contributed by atoms with E-state index in [1.165, 1.54) is 0 Å². The molecular weight excluding hydrogens is 370 g/mol. The van der Waals surface area contributed by atoms with E-state index in [2.05, 4.69) is 4.98 Å². The molecule has 3 amide bonds. The fourth-order valence-electron chi connectivity index (χ4n) is 4.70. The number of piperidine rings is 1. The summed E-state index contributed by atoms with van der Waals surface area (Å²) in [7, 11) is 0. The number of carbonyl (C=O) groups is 3. The third-order valence-electron chi connectivity index (χ3n) is 6.43. The van der Waals surface area contributed by atoms with Crippen molar-refractivity contribution >= 4 is 17.7 Å². The second-order valence-electron chi connectivity index (χ2n) is 8.27. The van der Waals surface area contributed by atoms with Crippen LogP contribution in [0.2, 0.25) is 0 Å². The fourth-order valence-corrected chi connectivity index (χ4v) is 4.70. The number of rotatable bonds is 3. The Morgan fingerprint density at radius 2 is 2.07 bits per heavy atom. The monoisotopic (exact) mass is 399 g/mol. The van der Waals surface area contributed by atoms with Crippen LogP contribution in [0.15, 0.2) is 6.20 Å². The first-order chi connectivity index (χ1) is 14.0. The topological polar surface area (TPSA) is 86.7 Å². The Hall–Kier alpha value is -2.51. The zero-order valence-corrected chi connectivity index (χ0v) is 17.3. The highest BCUT2D eigenvalue weighted by Crippen LogP contribution is 2.33. The van der Waals surface area contributed by atoms with Crippen LogP contribution in [-0.4, -0.2) is 68.6 Å². The molecule has 156 valence electrons. The smallest absolute Gasteiger partial charge is 0.228 e. The van der Waals surface area contributed by atoms with Crippen LogP contribution in [0.5, 0.6) is 0 Å². The lowest BCUT2D eigenvalue weighted by Gasteiger charge is -2.37. The van der Waals surface area contributed by atoms with Crippen molar-refractivity contribution in [3.63, 3.8) is 0 Å². The Morgan fingerprint density at radius 1 is 1.24 bits per heavy atom. The van der Waals surface area contributed by atoms with Gasteiger partial charge >= 0.3 is 0 Å². The predicted octanol–water partition coefficient (Wildman–Crippen LogP) is 1.30. The highest BCUT2D eigenvalue weighted by molar-refractivity contribution is 5.89. The SMILES string of the molecule is CCN1C[C@H](C(=O)N2CCCC[C@H]2c2ncc3c(n2)CCN(C(C)=O)C3)CC1=O. The molecule has 0 saturated carbocycles. The van der Waals surface area contributed by atoms with Crippen LogP contribution in [-0.2, 0) is 27.3 Å². The number of aromatic nitrogens is 2. The molecular formula is C21H29N5O3. The molecule has 8 nitrogen and oxygen atoms in total. The Kier molecular flexibility index (Phi) is 5.52. The maximum atomic E-state index is 13.2. The first kappa shape index (κ1) is 19.8. The summed E-state index contributed by atoms with van der Waals surface area (Å²) in [5, 5.41) is 0. The first-order valence-electron chi connectivity index (χ1n) is 10.7. The standard InChI is InChI=1S/C21H29N5O3/c1-3-24-12-15(10-19(24)28)21(29)26-8-5-4-6-18(26)20-22-11-16-13-25(14(2)27)9-7-17(16)23-20/h11,15,18H,3-10,12-13H2,1-2H3/t15-,18+/m1/s1. The number of fused-ring (bicyclic) bond motifs is 1. The van der Waals surface area contributed by atoms with Crippen molar-refractivity contribution in [3.05, 3.63) is 23.3 Å². The van der Waals surface area contributed by atoms with E-state index in [4.69, 9.17) is 4.98 Å². The molecule has 4 rings (SSSR count). The van der Waals surface area contributed by atoms with Crippen LogP contribution >= 0.6 is 0 Å². The van der Waals surface area contributed by atoms with Gasteiger partial charge in [0.2, 0.25) is 17.7 Å². The number of carbonyl (C=O) groups excluding carboxylic acids is 3. The molecule has 3 aliphatic rings. The summed E-state index contributed by atoms with van der Waals surface area (Å²) in [6.45, 7) is 6.61. The molecule has 2 fully saturated rings. The molecule has 0 aliphatic carbocycles. The van der Waals surface area contributed by atoms with Gasteiger partial charge in [0.25, 0.3) is 0 Å². The van der Waals surface area contributed by atoms with Gasteiger partial charge in [-0.25, -0.2) is 9.97 Å². The normalized spacial score (nSPS) is 24.6. The molecule has 0 N–H and O–H groups in total. The molecule has 1 aromatic rings. The van der Waals surface area contributed by atoms with Crippen molar-refractivity contribution in [1.29, 1.82) is 0 Å². The van der Waals surface area contributed by atoms with Crippen LogP contribution in [0, 0.1) is 5.92 Å². The fraction of sp³-hybridized carbons (Fsp3) is 0.667. The minimum atomic E-state index is -0.259. The molecule has 4 heterocycles. The van der Waals surface area contributed by atoms with E-state index in [-0.39, 0.29) is 29.7 Å². The number of likely N-dealkylation sites (tertiary alicyclic amines) is 2. The van der Waals surface area contributed by atoms with Crippen molar-refractivity contribution in [2.45, 2.75) is 58.5 Å². The maximum Gasteiger partial charge on any atom is 0.228 e. The van der Waals surface area contributed by atoms with Crippen molar-refractivity contribution in [1.82, 2.24) is 24.7 Å². The van der Waals surface area contributed by atoms with Crippen molar-refractivity contribution in [2.24, 2.45) is 5.92 Å². The third kappa shape index (κ3) is 3.84. The largest absolute Gasteiger partial charge is 0.342 e. The van der Waals surface area contributed by atoms with Gasteiger partial charge in [0.05, 0.1) is 17.7 Å². The van der Waals surface area contributed by atoms with Gasteiger partial charge in [0, 0.05) is 64.2 Å². The highest BCUT2D eigenvalue weighted by Gasteiger charge is 2.39. The van der Waals surface area contributed by atoms with Gasteiger partial charge in [-0.2, -0.15) is 0 Å². The van der Waals surface area contributed by atoms with Crippen LogP contribution < -0.4 is 0 Å². The van der Waals surface area contributed by atoms with Gasteiger partial charge in [-0.15, -0.1) is 0 Å². The summed E-state index contributed by atoms with van der Waals surface area (Å²) < 4.78 is 0. The lowest BCUT2D eigenvalue weighted by Crippen LogP contribution is -2.43. The first-order valence-corrected chi connectivity index (χ1v) is 10.7. The van der Waals surface area contributed by atoms with Gasteiger partial charge in [-0.05, 0) is 26.2 Å². The lowest BCUT2D eigenvalue weighted by molar-refractivity contribution is -0.139. The van der Waals surface area contributed by atoms with Gasteiger partial charge in [-0.3, -0.25) is 14.4 Å². The average molecular weight is 399 g/mol. The van der Waals surface area contributed by atoms with Gasteiger partial charge < -0.3 is 14.7 Å². The van der Waals surface area contributed by atoms with Crippen LogP contribution in [0.4, 0.5) is 0 Å². The molecule has 3 aliphatic heterocycles. The van der Waals surface area contributed by atoms with Crippen LogP contribution in [0.3, 0.4) is 0 Å². The lowest BCUT2D eigenvalue weighted by atomic mass is 9.97. The summed E-state index contributed by atoms with van der Waals surface area (Å²) in [4.78, 5) is 51.9. The minimum absolute atomic E-state index is 0.0584. The Morgan fingerprint density at radius 3 is 2.79 bits per heavy atom. The van der Waals surface area contributed by atoms with Crippen LogP contribution in [0.1, 0.15) is 62.7 Å². The molecule has 8 heteroatoms. The summed E-state index contributed by atoms with van der Waals surface area (Å²) in [6.07, 6.45) is 5.70. The molecule has 0 aromatic carbocycles. The summed E-state index contributed by atoms with van der Waals surface area (Å²) in [5.74, 6) is 0.633. The molecule has 0 bridgehead atoms. The van der Waals surface area contributed by atoms with Crippen molar-refractivity contribution in [3.8, 4) is 0 Å². The minimum Gasteiger partial charge on any atom is -0.342 e. The molecule has 29 heavy (non-hydrogen) atoms. The predicted molar refractivity (Wildman–Crippen MR) is 105 cm³/mol. The number of nitrogens with zero attached hydrogens (tertiary/aromatic N) is 5. The molecule has 2 atom stereocenters. The van der Waals surface area contributed by atoms with E-state index in [0.717, 1.165) is 30.5 Å². The van der Waals surface area contributed by atoms with Gasteiger partial charge in [-0.1, -0.05) is 0 Å². The molecule has 0 spiro atoms. The highest BCUT2D eigenvalue weighted by atomic mass is 16.2. The second kappa shape index (κ2) is 8.08. The van der Waals surface area contributed by atoms with Crippen LogP contribution in [0.25, 0.3) is 0 Å². The van der Waals surface area contributed by atoms with E-state index >= 15 is 0 Å². The van der Waals surface area contributed by atoms with E-state index < -0.39 is 0 Å². The Balaban J connectivity index is 1.53. The van der Waals surface area contributed by atoms with E-state index in [9.17, 15) is 14.4 Å². The summed E-state index contributed by atoms with van der Waals surface area (Å²) in [5.41, 5.74) is 1.97. The molecule has 0 radical (unpaired) electrons. The van der Waals surface area contributed by atoms with Crippen molar-refractivity contribution in [2.75, 3.05) is 26.2 Å². The maximum absolute atomic E-state index is 13.2. The third-order valence-corrected chi connectivity index (χ3v) is 6.43. The number of hydrogen-bond acceptors (Lipinski definition) is 5. The Labute approximate surface area is 171 Å². The van der Waals surface area contributed by atoms with E-state index in [0.29, 0.717) is 51.4 Å². The van der Waals surface area contributed by atoms with Crippen molar-refractivity contribution < 1.29 is 14.4 Å². The van der Waals surface area contributed by atoms with Gasteiger partial charge in [0.15, 0.2) is 5.82 Å². The summed E-state index contributed by atoms with van der Waals surface area (Å²) >= 11 is 0. The zero-order valence-electron chi connectivity index (χ0n) is 17.3. The molecule has 2 saturated heterocycles. The van der Waals surface area contributed by atoms with Gasteiger partial charge in [0.1, 0.15) is 0 Å². The van der Waals surface area contributed by atoms with E-state index in [1.54, 1.807) is 16.7 Å². The molecule has 0 unspecified atom stereocenters. The quantitative estimate of drug-likeness (QED) is 0.765. The summed E-state index contributed by atoms with van der Waals surface area (Å²) in [6, 6.07) is -0.127. The zero-order chi connectivity index (χ0) is 20.5. The second-order valence-corrected chi connectivity index (χ2v) is 8.27. The number of hydrogen-bond donors (Lipinski definition) is 0. The van der Waals surface area contributed by atoms with E-state index in [1.807, 2.05) is 18.0 Å². The Bertz CT molecular complexity index is 827. The molecule has 1 aromatic heterocycles. The number of amides is 3. The average Bonchev–Trinajstić information content (AvgIpc) is 3.13.